The van der Waals surface area contributed by atoms with Gasteiger partial charge in [0.15, 0.2) is 0 Å². The van der Waals surface area contributed by atoms with Crippen LogP contribution in [0.3, 0.4) is 0 Å². The smallest absolute Gasteiger partial charge is 0.254 e. The van der Waals surface area contributed by atoms with Crippen molar-refractivity contribution in [3.8, 4) is 0 Å². The van der Waals surface area contributed by atoms with E-state index in [-0.39, 0.29) is 5.91 Å². The van der Waals surface area contributed by atoms with Crippen molar-refractivity contribution < 1.29 is 4.79 Å². The van der Waals surface area contributed by atoms with E-state index in [0.717, 1.165) is 28.8 Å². The quantitative estimate of drug-likeness (QED) is 0.457. The molecule has 2 aromatic carbocycles. The molecule has 29 heavy (non-hydrogen) atoms. The standard InChI is InChI=1S/C23H23ClN4O/c1-3-28-21-12-11-18(14-20(21)25-23(28)24)22(29)27(15-17-8-5-4-6-9-17)16-19-10-7-13-26(19)2/h4-14H,3,15-16H2,1-2H3. The van der Waals surface area contributed by atoms with E-state index >= 15 is 0 Å². The van der Waals surface area contributed by atoms with Gasteiger partial charge < -0.3 is 14.0 Å². The first-order valence-corrected chi connectivity index (χ1v) is 10.0. The van der Waals surface area contributed by atoms with E-state index in [0.29, 0.717) is 23.9 Å². The Bertz CT molecular complexity index is 1150. The summed E-state index contributed by atoms with van der Waals surface area (Å²) in [5, 5.41) is 0.442. The first-order valence-electron chi connectivity index (χ1n) is 9.66. The van der Waals surface area contributed by atoms with Gasteiger partial charge >= 0.3 is 0 Å². The molecule has 0 aliphatic rings. The van der Waals surface area contributed by atoms with Gasteiger partial charge in [-0.05, 0) is 54.4 Å². The molecule has 1 amide bonds. The minimum Gasteiger partial charge on any atom is -0.353 e. The number of carbonyl (C=O) groups excluding carboxylic acids is 1. The minimum absolute atomic E-state index is 0.0286. The number of nitrogens with zero attached hydrogens (tertiary/aromatic N) is 4. The number of fused-ring (bicyclic) bond motifs is 1. The van der Waals surface area contributed by atoms with Gasteiger partial charge in [0.2, 0.25) is 5.28 Å². The molecule has 0 spiro atoms. The molecule has 0 saturated heterocycles. The third-order valence-electron chi connectivity index (χ3n) is 5.17. The van der Waals surface area contributed by atoms with Crippen molar-refractivity contribution in [1.29, 1.82) is 0 Å². The summed E-state index contributed by atoms with van der Waals surface area (Å²) in [6.45, 7) is 3.82. The van der Waals surface area contributed by atoms with E-state index < -0.39 is 0 Å². The SMILES string of the molecule is CCn1c(Cl)nc2cc(C(=O)N(Cc3ccccc3)Cc3cccn3C)ccc21. The van der Waals surface area contributed by atoms with E-state index in [1.54, 1.807) is 0 Å². The van der Waals surface area contributed by atoms with Crippen molar-refractivity contribution in [2.45, 2.75) is 26.6 Å². The van der Waals surface area contributed by atoms with Crippen LogP contribution in [0, 0.1) is 0 Å². The summed E-state index contributed by atoms with van der Waals surface area (Å²) >= 11 is 6.24. The van der Waals surface area contributed by atoms with E-state index in [2.05, 4.69) is 4.98 Å². The lowest BCUT2D eigenvalue weighted by Gasteiger charge is -2.23. The summed E-state index contributed by atoms with van der Waals surface area (Å²) in [4.78, 5) is 19.7. The van der Waals surface area contributed by atoms with Gasteiger partial charge in [-0.25, -0.2) is 4.98 Å². The number of aryl methyl sites for hydroxylation is 2. The summed E-state index contributed by atoms with van der Waals surface area (Å²) in [5.74, 6) is -0.0286. The molecule has 2 aromatic heterocycles. The Kier molecular flexibility index (Phi) is 5.41. The van der Waals surface area contributed by atoms with Crippen LogP contribution in [0.15, 0.2) is 66.9 Å². The monoisotopic (exact) mass is 406 g/mol. The fourth-order valence-corrected chi connectivity index (χ4v) is 3.88. The van der Waals surface area contributed by atoms with Crippen molar-refractivity contribution in [2.75, 3.05) is 0 Å². The molecule has 5 nitrogen and oxygen atoms in total. The van der Waals surface area contributed by atoms with Crippen molar-refractivity contribution in [1.82, 2.24) is 19.0 Å². The molecule has 0 atom stereocenters. The highest BCUT2D eigenvalue weighted by Gasteiger charge is 2.19. The molecular weight excluding hydrogens is 384 g/mol. The number of benzene rings is 2. The zero-order valence-corrected chi connectivity index (χ0v) is 17.3. The second-order valence-corrected chi connectivity index (χ2v) is 7.42. The Labute approximate surface area is 175 Å². The molecule has 0 saturated carbocycles. The molecule has 0 fully saturated rings. The first kappa shape index (κ1) is 19.3. The lowest BCUT2D eigenvalue weighted by Crippen LogP contribution is -2.30. The maximum absolute atomic E-state index is 13.4. The van der Waals surface area contributed by atoms with Gasteiger partial charge in [0.1, 0.15) is 0 Å². The van der Waals surface area contributed by atoms with Crippen molar-refractivity contribution in [3.05, 3.63) is 89.0 Å². The van der Waals surface area contributed by atoms with Crippen LogP contribution in [-0.4, -0.2) is 24.9 Å². The lowest BCUT2D eigenvalue weighted by atomic mass is 10.1. The number of hydrogen-bond acceptors (Lipinski definition) is 2. The Balaban J connectivity index is 1.68. The lowest BCUT2D eigenvalue weighted by molar-refractivity contribution is 0.0726. The van der Waals surface area contributed by atoms with E-state index in [1.165, 1.54) is 0 Å². The highest BCUT2D eigenvalue weighted by Crippen LogP contribution is 2.23. The first-order chi connectivity index (χ1) is 14.1. The van der Waals surface area contributed by atoms with Crippen LogP contribution in [-0.2, 0) is 26.7 Å². The van der Waals surface area contributed by atoms with Crippen LogP contribution in [0.5, 0.6) is 0 Å². The fourth-order valence-electron chi connectivity index (χ4n) is 3.58. The topological polar surface area (TPSA) is 43.1 Å². The Morgan fingerprint density at radius 3 is 2.55 bits per heavy atom. The van der Waals surface area contributed by atoms with Gasteiger partial charge in [0.05, 0.1) is 17.6 Å². The molecule has 0 unspecified atom stereocenters. The van der Waals surface area contributed by atoms with Gasteiger partial charge in [-0.3, -0.25) is 4.79 Å². The summed E-state index contributed by atoms with van der Waals surface area (Å²) in [5.41, 5.74) is 4.45. The molecule has 148 valence electrons. The van der Waals surface area contributed by atoms with Crippen molar-refractivity contribution in [3.63, 3.8) is 0 Å². The van der Waals surface area contributed by atoms with Crippen LogP contribution in [0.2, 0.25) is 5.28 Å². The number of rotatable bonds is 6. The molecule has 6 heteroatoms. The Morgan fingerprint density at radius 1 is 1.07 bits per heavy atom. The highest BCUT2D eigenvalue weighted by atomic mass is 35.5. The molecule has 4 aromatic rings. The number of hydrogen-bond donors (Lipinski definition) is 0. The zero-order valence-electron chi connectivity index (χ0n) is 16.5. The molecule has 0 bridgehead atoms. The number of imidazole rings is 1. The normalized spacial score (nSPS) is 11.1. The van der Waals surface area contributed by atoms with Crippen LogP contribution < -0.4 is 0 Å². The number of halogens is 1. The van der Waals surface area contributed by atoms with Gasteiger partial charge in [0.25, 0.3) is 5.91 Å². The van der Waals surface area contributed by atoms with E-state index in [4.69, 9.17) is 11.6 Å². The van der Waals surface area contributed by atoms with E-state index in [9.17, 15) is 4.79 Å². The van der Waals surface area contributed by atoms with Crippen LogP contribution >= 0.6 is 11.6 Å². The maximum Gasteiger partial charge on any atom is 0.254 e. The third-order valence-corrected chi connectivity index (χ3v) is 5.46. The fraction of sp³-hybridized carbons (Fsp3) is 0.217. The summed E-state index contributed by atoms with van der Waals surface area (Å²) in [6, 6.07) is 19.7. The molecule has 0 radical (unpaired) electrons. The van der Waals surface area contributed by atoms with Gasteiger partial charge in [-0.1, -0.05) is 30.3 Å². The highest BCUT2D eigenvalue weighted by molar-refractivity contribution is 6.29. The maximum atomic E-state index is 13.4. The Hall–Kier alpha value is -3.05. The van der Waals surface area contributed by atoms with Gasteiger partial charge in [0, 0.05) is 37.6 Å². The van der Waals surface area contributed by atoms with Crippen molar-refractivity contribution >= 4 is 28.5 Å². The summed E-state index contributed by atoms with van der Waals surface area (Å²) in [7, 11) is 1.99. The van der Waals surface area contributed by atoms with Crippen LogP contribution in [0.25, 0.3) is 11.0 Å². The predicted molar refractivity (Wildman–Crippen MR) is 116 cm³/mol. The van der Waals surface area contributed by atoms with Gasteiger partial charge in [-0.2, -0.15) is 0 Å². The summed E-state index contributed by atoms with van der Waals surface area (Å²) in [6.07, 6.45) is 1.99. The second-order valence-electron chi connectivity index (χ2n) is 7.09. The predicted octanol–water partition coefficient (Wildman–Crippen LogP) is 4.89. The average molecular weight is 407 g/mol. The zero-order chi connectivity index (χ0) is 20.4. The molecular formula is C23H23ClN4O. The Morgan fingerprint density at radius 2 is 1.86 bits per heavy atom. The van der Waals surface area contributed by atoms with Crippen LogP contribution in [0.4, 0.5) is 0 Å². The number of aromatic nitrogens is 3. The number of carbonyl (C=O) groups is 1. The van der Waals surface area contributed by atoms with E-state index in [1.807, 2.05) is 94.9 Å². The average Bonchev–Trinajstić information content (AvgIpc) is 3.28. The molecule has 0 N–H and O–H groups in total. The number of amides is 1. The minimum atomic E-state index is -0.0286. The largest absolute Gasteiger partial charge is 0.353 e. The van der Waals surface area contributed by atoms with Crippen molar-refractivity contribution in [2.24, 2.45) is 7.05 Å². The molecule has 4 rings (SSSR count). The second kappa shape index (κ2) is 8.13. The third kappa shape index (κ3) is 3.91. The molecule has 0 aliphatic carbocycles. The summed E-state index contributed by atoms with van der Waals surface area (Å²) < 4.78 is 3.97. The molecule has 2 heterocycles. The van der Waals surface area contributed by atoms with Crippen LogP contribution in [0.1, 0.15) is 28.5 Å². The molecule has 0 aliphatic heterocycles. The van der Waals surface area contributed by atoms with Gasteiger partial charge in [-0.15, -0.1) is 0 Å².